The van der Waals surface area contributed by atoms with Gasteiger partial charge in [-0.25, -0.2) is 4.90 Å². The molecule has 1 aromatic heterocycles. The largest absolute Gasteiger partial charge is 0.348 e. The number of fused-ring (bicyclic) bond motifs is 1. The average molecular weight is 348 g/mol. The number of carbonyl (C=O) groups excluding carboxylic acids is 3. The van der Waals surface area contributed by atoms with Crippen molar-refractivity contribution in [3.63, 3.8) is 0 Å². The number of thioether (sulfide) groups is 1. The molecule has 1 aromatic carbocycles. The van der Waals surface area contributed by atoms with E-state index in [1.54, 1.807) is 38.4 Å². The van der Waals surface area contributed by atoms with Crippen LogP contribution in [0.15, 0.2) is 28.6 Å². The minimum Gasteiger partial charge on any atom is -0.348 e. The molecule has 2 heterocycles. The van der Waals surface area contributed by atoms with Gasteiger partial charge in [-0.15, -0.1) is 10.2 Å². The van der Waals surface area contributed by atoms with E-state index >= 15 is 0 Å². The molecule has 0 spiro atoms. The second-order valence-corrected chi connectivity index (χ2v) is 7.10. The maximum absolute atomic E-state index is 12.3. The number of hydrogen-bond acceptors (Lipinski definition) is 7. The van der Waals surface area contributed by atoms with Crippen LogP contribution >= 0.6 is 23.1 Å². The fraction of sp³-hybridized carbons (Fsp3) is 0.214. The molecule has 1 aliphatic heterocycles. The molecule has 2 aromatic rings. The smallest absolute Gasteiger partial charge is 0.268 e. The van der Waals surface area contributed by atoms with Gasteiger partial charge in [0.1, 0.15) is 0 Å². The molecule has 3 rings (SSSR count). The van der Waals surface area contributed by atoms with Gasteiger partial charge in [0.25, 0.3) is 11.8 Å². The molecular weight excluding hydrogens is 336 g/mol. The Morgan fingerprint density at radius 2 is 1.78 bits per heavy atom. The van der Waals surface area contributed by atoms with Crippen LogP contribution in [-0.4, -0.2) is 52.7 Å². The van der Waals surface area contributed by atoms with Crippen molar-refractivity contribution in [2.45, 2.75) is 4.34 Å². The summed E-state index contributed by atoms with van der Waals surface area (Å²) in [5.74, 6) is -0.623. The highest BCUT2D eigenvalue weighted by molar-refractivity contribution is 8.01. The molecule has 7 nitrogen and oxygen atoms in total. The van der Waals surface area contributed by atoms with Crippen molar-refractivity contribution in [3.8, 4) is 0 Å². The van der Waals surface area contributed by atoms with Crippen LogP contribution in [0.3, 0.4) is 0 Å². The van der Waals surface area contributed by atoms with E-state index in [1.807, 2.05) is 0 Å². The van der Waals surface area contributed by atoms with Crippen LogP contribution in [0.4, 0.5) is 5.13 Å². The van der Waals surface area contributed by atoms with E-state index in [-0.39, 0.29) is 16.8 Å². The van der Waals surface area contributed by atoms with Crippen LogP contribution < -0.4 is 4.90 Å². The first-order valence-corrected chi connectivity index (χ1v) is 8.43. The summed E-state index contributed by atoms with van der Waals surface area (Å²) in [6, 6.07) is 6.65. The number of carbonyl (C=O) groups is 3. The van der Waals surface area contributed by atoms with Gasteiger partial charge in [-0.05, 0) is 12.1 Å². The van der Waals surface area contributed by atoms with Crippen LogP contribution in [0.5, 0.6) is 0 Å². The van der Waals surface area contributed by atoms with Gasteiger partial charge in [-0.1, -0.05) is 35.2 Å². The lowest BCUT2D eigenvalue weighted by Gasteiger charge is -2.08. The molecule has 0 radical (unpaired) electrons. The van der Waals surface area contributed by atoms with Crippen molar-refractivity contribution in [2.24, 2.45) is 0 Å². The number of hydrogen-bond donors (Lipinski definition) is 0. The molecule has 1 aliphatic rings. The number of amides is 3. The van der Waals surface area contributed by atoms with E-state index in [0.717, 1.165) is 16.2 Å². The molecular formula is C14H12N4O3S2. The van der Waals surface area contributed by atoms with Gasteiger partial charge in [0, 0.05) is 14.1 Å². The van der Waals surface area contributed by atoms with E-state index < -0.39 is 11.8 Å². The lowest BCUT2D eigenvalue weighted by atomic mass is 10.1. The molecule has 0 saturated heterocycles. The lowest BCUT2D eigenvalue weighted by molar-refractivity contribution is -0.125. The molecule has 0 unspecified atom stereocenters. The number of benzene rings is 1. The maximum Gasteiger partial charge on any atom is 0.268 e. The van der Waals surface area contributed by atoms with Gasteiger partial charge >= 0.3 is 0 Å². The third kappa shape index (κ3) is 2.84. The van der Waals surface area contributed by atoms with E-state index in [4.69, 9.17) is 0 Å². The molecule has 0 fully saturated rings. The van der Waals surface area contributed by atoms with Crippen molar-refractivity contribution in [3.05, 3.63) is 35.4 Å². The predicted octanol–water partition coefficient (Wildman–Crippen LogP) is 1.52. The Bertz CT molecular complexity index is 768. The third-order valence-corrected chi connectivity index (χ3v) is 5.23. The van der Waals surface area contributed by atoms with Crippen molar-refractivity contribution in [1.29, 1.82) is 0 Å². The number of aromatic nitrogens is 2. The number of nitrogens with zero attached hydrogens (tertiary/aromatic N) is 4. The second-order valence-electron chi connectivity index (χ2n) is 4.92. The van der Waals surface area contributed by atoms with Crippen molar-refractivity contribution >= 4 is 46.0 Å². The van der Waals surface area contributed by atoms with Gasteiger partial charge in [-0.2, -0.15) is 0 Å². The summed E-state index contributed by atoms with van der Waals surface area (Å²) >= 11 is 2.34. The molecule has 0 saturated carbocycles. The molecule has 0 bridgehead atoms. The average Bonchev–Trinajstić information content (AvgIpc) is 3.09. The fourth-order valence-corrected chi connectivity index (χ4v) is 3.78. The standard InChI is InChI=1S/C14H12N4O3S2/c1-17(2)10(19)7-22-14-16-15-13(23-14)18-11(20)8-5-3-4-6-9(8)12(18)21/h3-6H,7H2,1-2H3. The molecule has 23 heavy (non-hydrogen) atoms. The van der Waals surface area contributed by atoms with Crippen LogP contribution in [0, 0.1) is 0 Å². The third-order valence-electron chi connectivity index (χ3n) is 3.20. The first-order valence-electron chi connectivity index (χ1n) is 6.63. The van der Waals surface area contributed by atoms with Crippen LogP contribution in [-0.2, 0) is 4.79 Å². The molecule has 0 N–H and O–H groups in total. The van der Waals surface area contributed by atoms with Gasteiger partial charge in [-0.3, -0.25) is 14.4 Å². The zero-order chi connectivity index (χ0) is 16.6. The highest BCUT2D eigenvalue weighted by atomic mass is 32.2. The van der Waals surface area contributed by atoms with Crippen LogP contribution in [0.2, 0.25) is 0 Å². The van der Waals surface area contributed by atoms with Crippen molar-refractivity contribution in [1.82, 2.24) is 15.1 Å². The zero-order valence-corrected chi connectivity index (χ0v) is 14.0. The lowest BCUT2D eigenvalue weighted by Crippen LogP contribution is -2.29. The predicted molar refractivity (Wildman–Crippen MR) is 86.9 cm³/mol. The monoisotopic (exact) mass is 348 g/mol. The summed E-state index contributed by atoms with van der Waals surface area (Å²) in [6.45, 7) is 0. The minimum absolute atomic E-state index is 0.0486. The summed E-state index contributed by atoms with van der Waals surface area (Å²) in [5, 5.41) is 8.07. The molecule has 9 heteroatoms. The Morgan fingerprint density at radius 3 is 2.35 bits per heavy atom. The fourth-order valence-electron chi connectivity index (χ4n) is 1.97. The Morgan fingerprint density at radius 1 is 1.17 bits per heavy atom. The summed E-state index contributed by atoms with van der Waals surface area (Å²) in [4.78, 5) is 38.8. The molecule has 118 valence electrons. The zero-order valence-electron chi connectivity index (χ0n) is 12.3. The Balaban J connectivity index is 1.78. The van der Waals surface area contributed by atoms with Gasteiger partial charge in [0.2, 0.25) is 11.0 Å². The number of rotatable bonds is 4. The first-order chi connectivity index (χ1) is 11.0. The quantitative estimate of drug-likeness (QED) is 0.473. The Kier molecular flexibility index (Phi) is 4.14. The molecule has 3 amide bonds. The maximum atomic E-state index is 12.3. The number of imide groups is 1. The summed E-state index contributed by atoms with van der Waals surface area (Å²) in [7, 11) is 3.35. The van der Waals surface area contributed by atoms with E-state index in [2.05, 4.69) is 10.2 Å². The van der Waals surface area contributed by atoms with Gasteiger partial charge < -0.3 is 4.90 Å². The van der Waals surface area contributed by atoms with E-state index in [0.29, 0.717) is 15.5 Å². The second kappa shape index (κ2) is 6.09. The normalized spacial score (nSPS) is 13.4. The Labute approximate surface area is 140 Å². The van der Waals surface area contributed by atoms with Crippen molar-refractivity contribution in [2.75, 3.05) is 24.7 Å². The van der Waals surface area contributed by atoms with Crippen LogP contribution in [0.25, 0.3) is 0 Å². The SMILES string of the molecule is CN(C)C(=O)CSc1nnc(N2C(=O)c3ccccc3C2=O)s1. The topological polar surface area (TPSA) is 83.5 Å². The van der Waals surface area contributed by atoms with E-state index in [1.165, 1.54) is 16.7 Å². The first kappa shape index (κ1) is 15.6. The highest BCUT2D eigenvalue weighted by Crippen LogP contribution is 2.33. The minimum atomic E-state index is -0.400. The van der Waals surface area contributed by atoms with Crippen molar-refractivity contribution < 1.29 is 14.4 Å². The Hall–Kier alpha value is -2.26. The summed E-state index contributed by atoms with van der Waals surface area (Å²) in [6.07, 6.45) is 0. The molecule has 0 aliphatic carbocycles. The number of anilines is 1. The van der Waals surface area contributed by atoms with E-state index in [9.17, 15) is 14.4 Å². The summed E-state index contributed by atoms with van der Waals surface area (Å²) in [5.41, 5.74) is 0.731. The molecule has 0 atom stereocenters. The van der Waals surface area contributed by atoms with Gasteiger partial charge in [0.15, 0.2) is 4.34 Å². The van der Waals surface area contributed by atoms with Gasteiger partial charge in [0.05, 0.1) is 16.9 Å². The van der Waals surface area contributed by atoms with Crippen LogP contribution in [0.1, 0.15) is 20.7 Å². The highest BCUT2D eigenvalue weighted by Gasteiger charge is 2.38. The summed E-state index contributed by atoms with van der Waals surface area (Å²) < 4.78 is 0.534.